The molecule has 0 bridgehead atoms. The smallest absolute Gasteiger partial charge is 0.251 e. The maximum absolute atomic E-state index is 12.3. The van der Waals surface area contributed by atoms with Gasteiger partial charge < -0.3 is 10.2 Å². The zero-order valence-corrected chi connectivity index (χ0v) is 11.3. The summed E-state index contributed by atoms with van der Waals surface area (Å²) in [5, 5.41) is 3.54. The van der Waals surface area contributed by atoms with Gasteiger partial charge in [-0.25, -0.2) is 8.78 Å². The number of alkyl halides is 2. The van der Waals surface area contributed by atoms with Gasteiger partial charge in [0.2, 0.25) is 0 Å². The topological polar surface area (TPSA) is 15.3 Å². The van der Waals surface area contributed by atoms with Crippen molar-refractivity contribution in [3.8, 4) is 0 Å². The van der Waals surface area contributed by atoms with E-state index in [2.05, 4.69) is 19.2 Å². The molecule has 2 nitrogen and oxygen atoms in total. The van der Waals surface area contributed by atoms with Crippen molar-refractivity contribution >= 4 is 0 Å². The molecule has 1 fully saturated rings. The first-order chi connectivity index (χ1) is 8.01. The summed E-state index contributed by atoms with van der Waals surface area (Å²) in [4.78, 5) is 1.77. The largest absolute Gasteiger partial charge is 0.313 e. The predicted molar refractivity (Wildman–Crippen MR) is 67.5 cm³/mol. The Bertz CT molecular complexity index is 213. The van der Waals surface area contributed by atoms with E-state index >= 15 is 0 Å². The Hall–Kier alpha value is -0.220. The van der Waals surface area contributed by atoms with E-state index in [4.69, 9.17) is 0 Å². The van der Waals surface area contributed by atoms with E-state index in [0.717, 1.165) is 25.9 Å². The lowest BCUT2D eigenvalue weighted by Gasteiger charge is -2.36. The van der Waals surface area contributed by atoms with Crippen molar-refractivity contribution in [3.63, 3.8) is 0 Å². The number of rotatable bonds is 9. The number of halogens is 2. The van der Waals surface area contributed by atoms with E-state index in [9.17, 15) is 8.78 Å². The maximum Gasteiger partial charge on any atom is 0.251 e. The molecule has 4 heteroatoms. The quantitative estimate of drug-likeness (QED) is 0.675. The molecular weight excluding hydrogens is 222 g/mol. The summed E-state index contributed by atoms with van der Waals surface area (Å²) < 4.78 is 24.7. The average Bonchev–Trinajstić information content (AvgIpc) is 3.07. The Kier molecular flexibility index (Phi) is 5.80. The first kappa shape index (κ1) is 14.8. The minimum Gasteiger partial charge on any atom is -0.313 e. The Balaban J connectivity index is 2.43. The highest BCUT2D eigenvalue weighted by molar-refractivity contribution is 4.88. The minimum absolute atomic E-state index is 0.120. The molecule has 0 saturated heterocycles. The molecule has 1 aliphatic rings. The van der Waals surface area contributed by atoms with Crippen LogP contribution in [0, 0.1) is 5.41 Å². The van der Waals surface area contributed by atoms with Crippen molar-refractivity contribution in [1.29, 1.82) is 0 Å². The van der Waals surface area contributed by atoms with E-state index in [0.29, 0.717) is 6.04 Å². The zero-order valence-electron chi connectivity index (χ0n) is 11.3. The molecule has 17 heavy (non-hydrogen) atoms. The summed E-state index contributed by atoms with van der Waals surface area (Å²) in [6, 6.07) is 0.688. The second kappa shape index (κ2) is 6.64. The summed E-state index contributed by atoms with van der Waals surface area (Å²) in [7, 11) is 1.79. The lowest BCUT2D eigenvalue weighted by Crippen LogP contribution is -2.44. The summed E-state index contributed by atoms with van der Waals surface area (Å²) in [5.74, 6) is 0. The molecule has 0 unspecified atom stereocenters. The van der Waals surface area contributed by atoms with Crippen LogP contribution in [0.25, 0.3) is 0 Å². The van der Waals surface area contributed by atoms with Gasteiger partial charge in [-0.05, 0) is 38.1 Å². The fourth-order valence-electron chi connectivity index (χ4n) is 2.30. The Morgan fingerprint density at radius 2 is 1.88 bits per heavy atom. The monoisotopic (exact) mass is 248 g/mol. The SMILES string of the molecule is CCC(CC)(CNC1CC1)CN(C)CC(F)F. The average molecular weight is 248 g/mol. The molecule has 0 aromatic rings. The molecule has 0 aromatic carbocycles. The minimum atomic E-state index is -2.23. The van der Waals surface area contributed by atoms with Crippen molar-refractivity contribution in [2.75, 3.05) is 26.7 Å². The third-order valence-corrected chi connectivity index (χ3v) is 3.90. The molecule has 1 rings (SSSR count). The molecule has 1 N–H and O–H groups in total. The third kappa shape index (κ3) is 5.30. The second-order valence-corrected chi connectivity index (χ2v) is 5.45. The van der Waals surface area contributed by atoms with Crippen LogP contribution < -0.4 is 5.32 Å². The van der Waals surface area contributed by atoms with E-state index < -0.39 is 6.43 Å². The molecule has 0 aromatic heterocycles. The standard InChI is InChI=1S/C13H26F2N2/c1-4-13(5-2,9-16-11-6-7-11)10-17(3)8-12(14)15/h11-12,16H,4-10H2,1-3H3. The van der Waals surface area contributed by atoms with Gasteiger partial charge in [0.25, 0.3) is 6.43 Å². The van der Waals surface area contributed by atoms with Crippen LogP contribution in [0.3, 0.4) is 0 Å². The van der Waals surface area contributed by atoms with Crippen LogP contribution in [0.5, 0.6) is 0 Å². The third-order valence-electron chi connectivity index (χ3n) is 3.90. The van der Waals surface area contributed by atoms with E-state index in [-0.39, 0.29) is 12.0 Å². The first-order valence-corrected chi connectivity index (χ1v) is 6.71. The van der Waals surface area contributed by atoms with Gasteiger partial charge >= 0.3 is 0 Å². The lowest BCUT2D eigenvalue weighted by atomic mass is 9.81. The molecular formula is C13H26F2N2. The van der Waals surface area contributed by atoms with Crippen molar-refractivity contribution in [1.82, 2.24) is 10.2 Å². The van der Waals surface area contributed by atoms with Gasteiger partial charge in [0, 0.05) is 19.1 Å². The van der Waals surface area contributed by atoms with E-state index in [1.807, 2.05) is 0 Å². The van der Waals surface area contributed by atoms with Crippen LogP contribution in [-0.2, 0) is 0 Å². The van der Waals surface area contributed by atoms with Gasteiger partial charge in [0.15, 0.2) is 0 Å². The molecule has 1 saturated carbocycles. The maximum atomic E-state index is 12.3. The molecule has 0 radical (unpaired) electrons. The van der Waals surface area contributed by atoms with Crippen LogP contribution in [0.15, 0.2) is 0 Å². The normalized spacial score (nSPS) is 17.1. The summed E-state index contributed by atoms with van der Waals surface area (Å²) in [5.41, 5.74) is 0.145. The van der Waals surface area contributed by atoms with Gasteiger partial charge in [-0.2, -0.15) is 0 Å². The highest BCUT2D eigenvalue weighted by Gasteiger charge is 2.31. The zero-order chi connectivity index (χ0) is 12.9. The molecule has 0 amide bonds. The fourth-order valence-corrected chi connectivity index (χ4v) is 2.30. The Labute approximate surface area is 104 Å². The summed E-state index contributed by atoms with van der Waals surface area (Å²) in [6.07, 6.45) is 2.39. The summed E-state index contributed by atoms with van der Waals surface area (Å²) in [6.45, 7) is 5.91. The Morgan fingerprint density at radius 1 is 1.29 bits per heavy atom. The van der Waals surface area contributed by atoms with Crippen LogP contribution >= 0.6 is 0 Å². The van der Waals surface area contributed by atoms with Gasteiger partial charge in [0.05, 0.1) is 6.54 Å². The van der Waals surface area contributed by atoms with Gasteiger partial charge in [-0.3, -0.25) is 0 Å². The molecule has 0 heterocycles. The van der Waals surface area contributed by atoms with Crippen LogP contribution in [0.4, 0.5) is 8.78 Å². The predicted octanol–water partition coefficient (Wildman–Crippen LogP) is 2.74. The van der Waals surface area contributed by atoms with E-state index in [1.165, 1.54) is 12.8 Å². The molecule has 102 valence electrons. The van der Waals surface area contributed by atoms with Crippen molar-refractivity contribution < 1.29 is 8.78 Å². The molecule has 0 spiro atoms. The second-order valence-electron chi connectivity index (χ2n) is 5.45. The van der Waals surface area contributed by atoms with Crippen LogP contribution in [0.2, 0.25) is 0 Å². The van der Waals surface area contributed by atoms with Crippen LogP contribution in [0.1, 0.15) is 39.5 Å². The fraction of sp³-hybridized carbons (Fsp3) is 1.00. The molecule has 1 aliphatic carbocycles. The number of hydrogen-bond donors (Lipinski definition) is 1. The van der Waals surface area contributed by atoms with Gasteiger partial charge in [-0.15, -0.1) is 0 Å². The van der Waals surface area contributed by atoms with Gasteiger partial charge in [0.1, 0.15) is 0 Å². The highest BCUT2D eigenvalue weighted by Crippen LogP contribution is 2.29. The molecule has 0 aliphatic heterocycles. The first-order valence-electron chi connectivity index (χ1n) is 6.71. The number of nitrogens with zero attached hydrogens (tertiary/aromatic N) is 1. The number of hydrogen-bond acceptors (Lipinski definition) is 2. The van der Waals surface area contributed by atoms with Crippen molar-refractivity contribution in [3.05, 3.63) is 0 Å². The van der Waals surface area contributed by atoms with Crippen molar-refractivity contribution in [2.24, 2.45) is 5.41 Å². The Morgan fingerprint density at radius 3 is 2.29 bits per heavy atom. The van der Waals surface area contributed by atoms with Crippen LogP contribution in [-0.4, -0.2) is 44.0 Å². The highest BCUT2D eigenvalue weighted by atomic mass is 19.3. The van der Waals surface area contributed by atoms with Crippen molar-refractivity contribution in [2.45, 2.75) is 52.0 Å². The van der Waals surface area contributed by atoms with E-state index in [1.54, 1.807) is 11.9 Å². The van der Waals surface area contributed by atoms with Gasteiger partial charge in [-0.1, -0.05) is 13.8 Å². The lowest BCUT2D eigenvalue weighted by molar-refractivity contribution is 0.0710. The number of nitrogens with one attached hydrogen (secondary N) is 1. The summed E-state index contributed by atoms with van der Waals surface area (Å²) >= 11 is 0. The molecule has 0 atom stereocenters.